The van der Waals surface area contributed by atoms with Gasteiger partial charge in [0.15, 0.2) is 0 Å². The van der Waals surface area contributed by atoms with Gasteiger partial charge in [0, 0.05) is 0 Å². The van der Waals surface area contributed by atoms with Gasteiger partial charge in [0.05, 0.1) is 0 Å². The number of rotatable bonds is 6. The summed E-state index contributed by atoms with van der Waals surface area (Å²) in [7, 11) is 0. The molecule has 0 N–H and O–H groups in total. The lowest BCUT2D eigenvalue weighted by Gasteiger charge is -2.18. The first-order chi connectivity index (χ1) is 10.9. The molecule has 0 aliphatic rings. The Bertz CT molecular complexity index is 648. The number of halogens is 2. The lowest BCUT2D eigenvalue weighted by atomic mass is 9.96. The molecule has 0 aliphatic carbocycles. The largest absolute Gasteiger partial charge is 0.489 e. The van der Waals surface area contributed by atoms with Crippen LogP contribution < -0.4 is 4.74 Å². The van der Waals surface area contributed by atoms with Crippen LogP contribution in [0.15, 0.2) is 42.5 Å². The van der Waals surface area contributed by atoms with Crippen molar-refractivity contribution in [3.63, 3.8) is 0 Å². The number of ether oxygens (including phenoxy) is 1. The van der Waals surface area contributed by atoms with Gasteiger partial charge in [-0.3, -0.25) is 0 Å². The molecule has 0 spiro atoms. The van der Waals surface area contributed by atoms with Gasteiger partial charge in [-0.2, -0.15) is 0 Å². The second-order valence-electron chi connectivity index (χ2n) is 6.39. The van der Waals surface area contributed by atoms with Crippen molar-refractivity contribution in [2.45, 2.75) is 51.0 Å². The lowest BCUT2D eigenvalue weighted by Crippen LogP contribution is -2.03. The van der Waals surface area contributed by atoms with Gasteiger partial charge >= 0.3 is 0 Å². The number of hydrogen-bond donors (Lipinski definition) is 0. The smallest absolute Gasteiger partial charge is 0.133 e. The summed E-state index contributed by atoms with van der Waals surface area (Å²) in [6, 6.07) is 14.4. The highest BCUT2D eigenvalue weighted by atomic mass is 35.5. The Morgan fingerprint density at radius 2 is 1.57 bits per heavy atom. The van der Waals surface area contributed by atoms with Gasteiger partial charge in [-0.15, -0.1) is 23.2 Å². The van der Waals surface area contributed by atoms with Crippen LogP contribution in [0, 0.1) is 0 Å². The van der Waals surface area contributed by atoms with Crippen molar-refractivity contribution in [1.82, 2.24) is 0 Å². The topological polar surface area (TPSA) is 9.23 Å². The normalized spacial score (nSPS) is 11.5. The van der Waals surface area contributed by atoms with Crippen molar-refractivity contribution >= 4 is 23.2 Å². The predicted octanol–water partition coefficient (Wildman–Crippen LogP) is 6.99. The van der Waals surface area contributed by atoms with Crippen LogP contribution in [0.4, 0.5) is 0 Å². The predicted molar refractivity (Wildman–Crippen MR) is 99.8 cm³/mol. The molecular formula is C20H24Cl2O. The van der Waals surface area contributed by atoms with E-state index in [2.05, 4.69) is 45.9 Å². The molecule has 0 bridgehead atoms. The van der Waals surface area contributed by atoms with Gasteiger partial charge in [0.1, 0.15) is 17.2 Å². The molecule has 0 atom stereocenters. The van der Waals surface area contributed by atoms with Crippen molar-refractivity contribution < 1.29 is 4.74 Å². The quantitative estimate of drug-likeness (QED) is 0.510. The van der Waals surface area contributed by atoms with Gasteiger partial charge in [0.2, 0.25) is 0 Å². The highest BCUT2D eigenvalue weighted by Gasteiger charge is 2.13. The van der Waals surface area contributed by atoms with Gasteiger partial charge in [-0.25, -0.2) is 0 Å². The molecule has 124 valence electrons. The number of hydrogen-bond acceptors (Lipinski definition) is 1. The summed E-state index contributed by atoms with van der Waals surface area (Å²) in [6.07, 6.45) is 0. The zero-order chi connectivity index (χ0) is 17.0. The summed E-state index contributed by atoms with van der Waals surface area (Å²) >= 11 is 12.1. The molecule has 2 rings (SSSR count). The fraction of sp³-hybridized carbons (Fsp3) is 0.400. The molecule has 2 aromatic rings. The van der Waals surface area contributed by atoms with Crippen molar-refractivity contribution in [3.05, 3.63) is 64.7 Å². The minimum atomic E-state index is -0.540. The molecule has 0 unspecified atom stereocenters. The summed E-state index contributed by atoms with van der Waals surface area (Å²) in [5.74, 6) is 1.83. The lowest BCUT2D eigenvalue weighted by molar-refractivity contribution is 0.300. The molecule has 0 aromatic heterocycles. The second-order valence-corrected chi connectivity index (χ2v) is 7.49. The molecule has 0 radical (unpaired) electrons. The summed E-state index contributed by atoms with van der Waals surface area (Å²) in [6.45, 7) is 9.20. The Labute approximate surface area is 149 Å². The third-order valence-corrected chi connectivity index (χ3v) is 4.47. The fourth-order valence-electron chi connectivity index (χ4n) is 2.55. The maximum absolute atomic E-state index is 6.15. The van der Waals surface area contributed by atoms with Crippen LogP contribution in [0.5, 0.6) is 5.75 Å². The van der Waals surface area contributed by atoms with Crippen LogP contribution >= 0.6 is 23.2 Å². The van der Waals surface area contributed by atoms with Crippen molar-refractivity contribution in [2.75, 3.05) is 0 Å². The Hall–Kier alpha value is -1.18. The van der Waals surface area contributed by atoms with Gasteiger partial charge in [0.25, 0.3) is 0 Å². The molecule has 0 saturated carbocycles. The Balaban J connectivity index is 2.27. The van der Waals surface area contributed by atoms with E-state index in [1.807, 2.05) is 24.3 Å². The molecule has 0 saturated heterocycles. The van der Waals surface area contributed by atoms with E-state index in [0.29, 0.717) is 18.4 Å². The van der Waals surface area contributed by atoms with E-state index < -0.39 is 4.84 Å². The highest BCUT2D eigenvalue weighted by Crippen LogP contribution is 2.32. The van der Waals surface area contributed by atoms with E-state index in [1.165, 1.54) is 11.1 Å². The monoisotopic (exact) mass is 350 g/mol. The summed E-state index contributed by atoms with van der Waals surface area (Å²) < 4.78 is 6.15. The minimum Gasteiger partial charge on any atom is -0.489 e. The molecule has 0 amide bonds. The van der Waals surface area contributed by atoms with E-state index >= 15 is 0 Å². The molecule has 0 fully saturated rings. The van der Waals surface area contributed by atoms with Crippen molar-refractivity contribution in [1.29, 1.82) is 0 Å². The van der Waals surface area contributed by atoms with E-state index in [4.69, 9.17) is 27.9 Å². The third kappa shape index (κ3) is 4.65. The van der Waals surface area contributed by atoms with Crippen molar-refractivity contribution in [2.24, 2.45) is 0 Å². The molecule has 2 aromatic carbocycles. The van der Waals surface area contributed by atoms with Crippen LogP contribution in [0.25, 0.3) is 0 Å². The van der Waals surface area contributed by atoms with E-state index in [0.717, 1.165) is 16.9 Å². The minimum absolute atomic E-state index is 0.412. The van der Waals surface area contributed by atoms with E-state index in [1.54, 1.807) is 0 Å². The van der Waals surface area contributed by atoms with E-state index in [9.17, 15) is 0 Å². The summed E-state index contributed by atoms with van der Waals surface area (Å²) in [5.41, 5.74) is 4.43. The van der Waals surface area contributed by atoms with Crippen LogP contribution in [-0.2, 0) is 6.61 Å². The second kappa shape index (κ2) is 8.08. The van der Waals surface area contributed by atoms with Gasteiger partial charge in [-0.05, 0) is 40.2 Å². The molecule has 0 aliphatic heterocycles. The molecular weight excluding hydrogens is 327 g/mol. The van der Waals surface area contributed by atoms with Gasteiger partial charge in [-0.1, -0.05) is 64.1 Å². The summed E-state index contributed by atoms with van der Waals surface area (Å²) in [5, 5.41) is 0. The van der Waals surface area contributed by atoms with Gasteiger partial charge < -0.3 is 4.74 Å². The fourth-order valence-corrected chi connectivity index (χ4v) is 2.97. The maximum atomic E-state index is 6.15. The molecule has 1 nitrogen and oxygen atoms in total. The first-order valence-corrected chi connectivity index (χ1v) is 8.90. The zero-order valence-electron chi connectivity index (χ0n) is 14.1. The Kier molecular flexibility index (Phi) is 6.38. The van der Waals surface area contributed by atoms with Crippen LogP contribution in [-0.4, -0.2) is 0 Å². The third-order valence-electron chi connectivity index (χ3n) is 4.00. The average molecular weight is 351 g/mol. The Morgan fingerprint density at radius 1 is 0.870 bits per heavy atom. The average Bonchev–Trinajstić information content (AvgIpc) is 2.52. The Morgan fingerprint density at radius 3 is 2.17 bits per heavy atom. The molecule has 0 heterocycles. The van der Waals surface area contributed by atoms with E-state index in [-0.39, 0.29) is 0 Å². The molecule has 3 heteroatoms. The molecule has 23 heavy (non-hydrogen) atoms. The zero-order valence-corrected chi connectivity index (χ0v) is 15.7. The number of alkyl halides is 2. The first-order valence-electron chi connectivity index (χ1n) is 8.02. The van der Waals surface area contributed by atoms with Crippen LogP contribution in [0.1, 0.15) is 66.6 Å². The van der Waals surface area contributed by atoms with Crippen LogP contribution in [0.3, 0.4) is 0 Å². The SMILES string of the molecule is CC(C)c1ccc(C(C)C)c(OCc2ccccc2C(Cl)Cl)c1. The summed E-state index contributed by atoms with van der Waals surface area (Å²) in [4.78, 5) is -0.540. The maximum Gasteiger partial charge on any atom is 0.133 e. The first kappa shape index (κ1) is 18.2. The highest BCUT2D eigenvalue weighted by molar-refractivity contribution is 6.44. The van der Waals surface area contributed by atoms with Crippen LogP contribution in [0.2, 0.25) is 0 Å². The number of benzene rings is 2. The standard InChI is InChI=1S/C20H24Cl2O/c1-13(2)15-9-10-17(14(3)4)19(11-15)23-12-16-7-5-6-8-18(16)20(21)22/h5-11,13-14,20H,12H2,1-4H3. The van der Waals surface area contributed by atoms with Crippen molar-refractivity contribution in [3.8, 4) is 5.75 Å².